The zero-order chi connectivity index (χ0) is 22.4. The molecule has 0 bridgehead atoms. The van der Waals surface area contributed by atoms with Crippen LogP contribution in [0, 0.1) is 11.3 Å². The third-order valence-corrected chi connectivity index (χ3v) is 6.48. The van der Waals surface area contributed by atoms with E-state index in [0.29, 0.717) is 19.4 Å². The van der Waals surface area contributed by atoms with E-state index in [0.717, 1.165) is 13.8 Å². The predicted molar refractivity (Wildman–Crippen MR) is 94.5 cm³/mol. The van der Waals surface area contributed by atoms with Crippen molar-refractivity contribution in [2.24, 2.45) is 11.3 Å². The minimum atomic E-state index is -4.77. The molecule has 0 aliphatic heterocycles. The molecular weight excluding hydrogens is 412 g/mol. The maximum atomic E-state index is 13.1. The minimum absolute atomic E-state index is 0.0249. The van der Waals surface area contributed by atoms with Crippen LogP contribution in [0.2, 0.25) is 0 Å². The summed E-state index contributed by atoms with van der Waals surface area (Å²) in [6.07, 6.45) is -10.5. The average molecular weight is 445 g/mol. The van der Waals surface area contributed by atoms with Crippen molar-refractivity contribution in [1.82, 2.24) is 0 Å². The smallest absolute Gasteiger partial charge is 0.229 e. The lowest BCUT2D eigenvalue weighted by Crippen LogP contribution is -2.37. The molecule has 1 atom stereocenters. The fraction of sp³-hybridized carbons (Fsp3) is 1.00. The zero-order valence-corrected chi connectivity index (χ0v) is 17.6. The van der Waals surface area contributed by atoms with Crippen molar-refractivity contribution in [3.63, 3.8) is 0 Å². The largest absolute Gasteiger partial charge is 0.393 e. The maximum absolute atomic E-state index is 13.1. The second kappa shape index (κ2) is 9.97. The van der Waals surface area contributed by atoms with E-state index in [9.17, 15) is 40.0 Å². The van der Waals surface area contributed by atoms with Gasteiger partial charge in [-0.15, -0.1) is 0 Å². The molecule has 0 aliphatic carbocycles. The van der Waals surface area contributed by atoms with Gasteiger partial charge in [-0.05, 0) is 25.7 Å². The first-order valence-corrected chi connectivity index (χ1v) is 11.0. The zero-order valence-electron chi connectivity index (χ0n) is 16.8. The van der Waals surface area contributed by atoms with Crippen molar-refractivity contribution in [3.8, 4) is 0 Å². The fourth-order valence-corrected chi connectivity index (χ4v) is 4.24. The molecule has 0 aromatic heterocycles. The van der Waals surface area contributed by atoms with Crippen LogP contribution in [-0.4, -0.2) is 62.8 Å². The number of hydroxylamine groups is 3. The van der Waals surface area contributed by atoms with Gasteiger partial charge in [-0.3, -0.25) is 0 Å². The summed E-state index contributed by atoms with van der Waals surface area (Å²) in [4.78, 5) is 0. The van der Waals surface area contributed by atoms with Crippen LogP contribution in [0.1, 0.15) is 52.4 Å². The van der Waals surface area contributed by atoms with E-state index in [-0.39, 0.29) is 29.0 Å². The summed E-state index contributed by atoms with van der Waals surface area (Å²) in [6.45, 7) is 1.85. The summed E-state index contributed by atoms with van der Waals surface area (Å²) in [6, 6.07) is 0. The molecule has 1 N–H and O–H groups in total. The molecule has 0 saturated carbocycles. The summed E-state index contributed by atoms with van der Waals surface area (Å²) >= 11 is 0. The van der Waals surface area contributed by atoms with Gasteiger partial charge < -0.3 is 0 Å². The van der Waals surface area contributed by atoms with Crippen LogP contribution in [0.3, 0.4) is 0 Å². The monoisotopic (exact) mass is 444 g/mol. The van der Waals surface area contributed by atoms with Crippen molar-refractivity contribution < 1.29 is 44.6 Å². The Kier molecular flexibility index (Phi) is 9.78. The lowest BCUT2D eigenvalue weighted by molar-refractivity contribution is -1.07. The number of sulfone groups is 1. The molecule has 1 unspecified atom stereocenters. The van der Waals surface area contributed by atoms with E-state index in [1.165, 1.54) is 0 Å². The predicted octanol–water partition coefficient (Wildman–Crippen LogP) is 4.97. The van der Waals surface area contributed by atoms with Gasteiger partial charge in [-0.25, -0.2) is 13.6 Å². The van der Waals surface area contributed by atoms with E-state index < -0.39 is 46.4 Å². The molecule has 28 heavy (non-hydrogen) atoms. The van der Waals surface area contributed by atoms with Crippen LogP contribution in [0.25, 0.3) is 0 Å². The fourth-order valence-electron chi connectivity index (χ4n) is 2.75. The van der Waals surface area contributed by atoms with E-state index in [1.807, 2.05) is 0 Å². The van der Waals surface area contributed by atoms with Gasteiger partial charge in [0.15, 0.2) is 0 Å². The van der Waals surface area contributed by atoms with Gasteiger partial charge in [0.1, 0.15) is 16.4 Å². The molecule has 0 heterocycles. The quantitative estimate of drug-likeness (QED) is 0.200. The highest BCUT2D eigenvalue weighted by Gasteiger charge is 2.52. The summed E-state index contributed by atoms with van der Waals surface area (Å²) in [5.74, 6) is -2.55. The Bertz CT molecular complexity index is 565. The first kappa shape index (κ1) is 27.5. The summed E-state index contributed by atoms with van der Waals surface area (Å²) in [5.41, 5.74) is -2.47. The van der Waals surface area contributed by atoms with E-state index in [4.69, 9.17) is 0 Å². The Morgan fingerprint density at radius 2 is 1.36 bits per heavy atom. The van der Waals surface area contributed by atoms with Gasteiger partial charge in [0.25, 0.3) is 0 Å². The Labute approximate surface area is 163 Å². The minimum Gasteiger partial charge on any atom is -0.229 e. The molecule has 0 aromatic carbocycles. The molecular formula is C17H32F6NO3S+. The second-order valence-corrected chi connectivity index (χ2v) is 10.8. The first-order valence-electron chi connectivity index (χ1n) is 9.16. The second-order valence-electron chi connectivity index (χ2n) is 8.52. The average Bonchev–Trinajstić information content (AvgIpc) is 2.43. The number of hydrogen-bond donors (Lipinski definition) is 1. The third-order valence-electron chi connectivity index (χ3n) is 4.66. The molecule has 170 valence electrons. The Morgan fingerprint density at radius 1 is 0.893 bits per heavy atom. The molecule has 0 rings (SSSR count). The number of hydrogen-bond acceptors (Lipinski definition) is 3. The van der Waals surface area contributed by atoms with Gasteiger partial charge in [0.05, 0.1) is 36.9 Å². The van der Waals surface area contributed by atoms with Gasteiger partial charge in [-0.2, -0.15) is 31.0 Å². The lowest BCUT2D eigenvalue weighted by atomic mass is 9.80. The van der Waals surface area contributed by atoms with Crippen molar-refractivity contribution in [2.45, 2.75) is 64.7 Å². The van der Waals surface area contributed by atoms with E-state index in [2.05, 4.69) is 0 Å². The Morgan fingerprint density at radius 3 is 1.75 bits per heavy atom. The Balaban J connectivity index is 4.51. The molecule has 4 nitrogen and oxygen atoms in total. The number of alkyl halides is 6. The number of rotatable bonds is 12. The maximum Gasteiger partial charge on any atom is 0.393 e. The van der Waals surface area contributed by atoms with Crippen molar-refractivity contribution in [3.05, 3.63) is 0 Å². The molecule has 0 radical (unpaired) electrons. The molecule has 0 spiro atoms. The summed E-state index contributed by atoms with van der Waals surface area (Å²) in [7, 11) is -0.346. The highest BCUT2D eigenvalue weighted by atomic mass is 32.2. The molecule has 0 aromatic rings. The molecule has 0 saturated heterocycles. The van der Waals surface area contributed by atoms with Crippen LogP contribution in [0.15, 0.2) is 0 Å². The van der Waals surface area contributed by atoms with Crippen LogP contribution >= 0.6 is 0 Å². The van der Waals surface area contributed by atoms with Crippen LogP contribution in [-0.2, 0) is 9.84 Å². The number of quaternary nitrogens is 1. The molecule has 0 amide bonds. The van der Waals surface area contributed by atoms with Gasteiger partial charge >= 0.3 is 12.4 Å². The number of halogens is 6. The van der Waals surface area contributed by atoms with Gasteiger partial charge in [0.2, 0.25) is 0 Å². The third kappa shape index (κ3) is 11.5. The SMILES string of the molecule is CC(C)(CC(CCCCS(=O)(=O)CCCC[N+](C)(C)O)C(F)(F)F)C(F)(F)F. The van der Waals surface area contributed by atoms with Gasteiger partial charge in [-0.1, -0.05) is 20.3 Å². The van der Waals surface area contributed by atoms with Crippen LogP contribution in [0.5, 0.6) is 0 Å². The van der Waals surface area contributed by atoms with E-state index in [1.54, 1.807) is 14.1 Å². The highest BCUT2D eigenvalue weighted by molar-refractivity contribution is 7.91. The summed E-state index contributed by atoms with van der Waals surface area (Å²) in [5, 5.41) is 9.49. The number of unbranched alkanes of at least 4 members (excludes halogenated alkanes) is 2. The van der Waals surface area contributed by atoms with Crippen molar-refractivity contribution >= 4 is 9.84 Å². The molecule has 0 aliphatic rings. The van der Waals surface area contributed by atoms with Gasteiger partial charge in [0, 0.05) is 6.42 Å². The van der Waals surface area contributed by atoms with Crippen LogP contribution in [0.4, 0.5) is 26.3 Å². The van der Waals surface area contributed by atoms with Crippen molar-refractivity contribution in [1.29, 1.82) is 0 Å². The van der Waals surface area contributed by atoms with Crippen LogP contribution < -0.4 is 0 Å². The van der Waals surface area contributed by atoms with E-state index >= 15 is 0 Å². The van der Waals surface area contributed by atoms with Crippen molar-refractivity contribution in [2.75, 3.05) is 32.1 Å². The first-order chi connectivity index (χ1) is 12.3. The lowest BCUT2D eigenvalue weighted by Gasteiger charge is -2.32. The topological polar surface area (TPSA) is 54.4 Å². The summed E-state index contributed by atoms with van der Waals surface area (Å²) < 4.78 is 101. The number of nitrogens with zero attached hydrogens (tertiary/aromatic N) is 1. The molecule has 0 fully saturated rings. The standard InChI is InChI=1S/C17H32F6NO3S/c1-15(2,17(21,22)23)13-14(16(18,19)20)9-5-7-11-28(26,27)12-8-6-10-24(3,4)25/h14,25H,5-13H2,1-4H3/q+1. The normalized spacial score (nSPS) is 15.7. The Hall–Kier alpha value is -0.550. The molecule has 11 heteroatoms. The highest BCUT2D eigenvalue weighted by Crippen LogP contribution is 2.46.